The van der Waals surface area contributed by atoms with Crippen LogP contribution >= 0.6 is 0 Å². The summed E-state index contributed by atoms with van der Waals surface area (Å²) in [6, 6.07) is 7.78. The van der Waals surface area contributed by atoms with E-state index in [1.807, 2.05) is 24.3 Å². The monoisotopic (exact) mass is 230 g/mol. The Hall–Kier alpha value is -2.30. The maximum atomic E-state index is 7.29. The molecule has 0 radical (unpaired) electrons. The minimum atomic E-state index is 0.0333. The highest BCUT2D eigenvalue weighted by Gasteiger charge is 2.02. The summed E-state index contributed by atoms with van der Waals surface area (Å²) in [5, 5.41) is 11.4. The van der Waals surface area contributed by atoms with Crippen LogP contribution in [0.3, 0.4) is 0 Å². The fraction of sp³-hybridized carbons (Fsp3) is 0.167. The minimum Gasteiger partial charge on any atom is -0.497 e. The molecule has 17 heavy (non-hydrogen) atoms. The molecule has 0 saturated carbocycles. The van der Waals surface area contributed by atoms with Gasteiger partial charge in [-0.05, 0) is 17.7 Å². The smallest absolute Gasteiger partial charge is 0.125 e. The molecule has 1 aromatic carbocycles. The molecular formula is C12H14N4O. The number of nitrogens with two attached hydrogens (primary N) is 1. The van der Waals surface area contributed by atoms with E-state index in [1.54, 1.807) is 24.2 Å². The first-order valence-corrected chi connectivity index (χ1v) is 5.19. The van der Waals surface area contributed by atoms with Crippen LogP contribution in [0.2, 0.25) is 0 Å². The van der Waals surface area contributed by atoms with Crippen molar-refractivity contribution in [1.29, 1.82) is 5.41 Å². The maximum Gasteiger partial charge on any atom is 0.125 e. The summed E-state index contributed by atoms with van der Waals surface area (Å²) in [5.41, 5.74) is 7.12. The lowest BCUT2D eigenvalue weighted by molar-refractivity contribution is 0.414. The highest BCUT2D eigenvalue weighted by atomic mass is 16.5. The van der Waals surface area contributed by atoms with E-state index in [0.717, 1.165) is 11.3 Å². The second-order valence-electron chi connectivity index (χ2n) is 3.69. The van der Waals surface area contributed by atoms with Gasteiger partial charge in [-0.2, -0.15) is 5.10 Å². The van der Waals surface area contributed by atoms with Crippen LogP contribution in [0.5, 0.6) is 5.75 Å². The van der Waals surface area contributed by atoms with E-state index in [0.29, 0.717) is 12.1 Å². The number of methoxy groups -OCH3 is 1. The van der Waals surface area contributed by atoms with Crippen LogP contribution in [0, 0.1) is 5.41 Å². The fourth-order valence-electron chi connectivity index (χ4n) is 1.51. The van der Waals surface area contributed by atoms with Crippen molar-refractivity contribution in [3.05, 3.63) is 47.8 Å². The van der Waals surface area contributed by atoms with Crippen LogP contribution in [0.15, 0.2) is 36.7 Å². The van der Waals surface area contributed by atoms with Crippen LogP contribution in [-0.4, -0.2) is 22.7 Å². The molecule has 2 aromatic rings. The third-order valence-corrected chi connectivity index (χ3v) is 2.45. The zero-order valence-electron chi connectivity index (χ0n) is 9.55. The molecule has 0 atom stereocenters. The van der Waals surface area contributed by atoms with Gasteiger partial charge in [-0.3, -0.25) is 10.1 Å². The van der Waals surface area contributed by atoms with Crippen molar-refractivity contribution < 1.29 is 4.74 Å². The van der Waals surface area contributed by atoms with Gasteiger partial charge in [-0.15, -0.1) is 0 Å². The van der Waals surface area contributed by atoms with Crippen molar-refractivity contribution in [2.75, 3.05) is 7.11 Å². The molecule has 0 aliphatic carbocycles. The van der Waals surface area contributed by atoms with E-state index in [4.69, 9.17) is 15.9 Å². The zero-order chi connectivity index (χ0) is 12.3. The normalized spacial score (nSPS) is 10.2. The Morgan fingerprint density at radius 1 is 1.41 bits per heavy atom. The number of amidine groups is 1. The average molecular weight is 230 g/mol. The summed E-state index contributed by atoms with van der Waals surface area (Å²) in [6.45, 7) is 0.650. The zero-order valence-corrected chi connectivity index (χ0v) is 9.55. The van der Waals surface area contributed by atoms with Crippen molar-refractivity contribution in [1.82, 2.24) is 9.78 Å². The Morgan fingerprint density at radius 3 is 2.65 bits per heavy atom. The highest BCUT2D eigenvalue weighted by molar-refractivity contribution is 5.94. The van der Waals surface area contributed by atoms with Gasteiger partial charge in [0, 0.05) is 6.20 Å². The molecule has 0 spiro atoms. The molecule has 88 valence electrons. The summed E-state index contributed by atoms with van der Waals surface area (Å²) in [7, 11) is 1.64. The topological polar surface area (TPSA) is 76.9 Å². The van der Waals surface area contributed by atoms with Crippen LogP contribution in [0.4, 0.5) is 0 Å². The standard InChI is InChI=1S/C12H14N4O/c1-17-11-4-2-9(3-5-11)7-16-8-10(6-15-16)12(13)14/h2-6,8H,7H2,1H3,(H3,13,14). The predicted molar refractivity (Wildman–Crippen MR) is 65.3 cm³/mol. The van der Waals surface area contributed by atoms with Crippen molar-refractivity contribution >= 4 is 5.84 Å². The summed E-state index contributed by atoms with van der Waals surface area (Å²) in [4.78, 5) is 0. The molecule has 0 bridgehead atoms. The number of nitrogen functional groups attached to an aromatic ring is 1. The molecule has 0 saturated heterocycles. The van der Waals surface area contributed by atoms with Gasteiger partial charge in [0.2, 0.25) is 0 Å². The first kappa shape index (κ1) is 11.2. The van der Waals surface area contributed by atoms with Gasteiger partial charge >= 0.3 is 0 Å². The number of hydrogen-bond acceptors (Lipinski definition) is 3. The Morgan fingerprint density at radius 2 is 2.12 bits per heavy atom. The van der Waals surface area contributed by atoms with Gasteiger partial charge in [0.15, 0.2) is 0 Å². The van der Waals surface area contributed by atoms with E-state index in [1.165, 1.54) is 0 Å². The lowest BCUT2D eigenvalue weighted by atomic mass is 10.2. The molecule has 3 N–H and O–H groups in total. The molecule has 1 aromatic heterocycles. The van der Waals surface area contributed by atoms with Crippen molar-refractivity contribution in [2.45, 2.75) is 6.54 Å². The van der Waals surface area contributed by atoms with Crippen LogP contribution < -0.4 is 10.5 Å². The van der Waals surface area contributed by atoms with Gasteiger partial charge in [-0.25, -0.2) is 0 Å². The Bertz CT molecular complexity index is 516. The van der Waals surface area contributed by atoms with E-state index >= 15 is 0 Å². The van der Waals surface area contributed by atoms with Gasteiger partial charge in [0.05, 0.1) is 25.4 Å². The Kier molecular flexibility index (Phi) is 3.09. The maximum absolute atomic E-state index is 7.29. The van der Waals surface area contributed by atoms with Crippen molar-refractivity contribution in [2.24, 2.45) is 5.73 Å². The van der Waals surface area contributed by atoms with Gasteiger partial charge in [-0.1, -0.05) is 12.1 Å². The molecule has 0 fully saturated rings. The van der Waals surface area contributed by atoms with E-state index in [-0.39, 0.29) is 5.84 Å². The van der Waals surface area contributed by atoms with Gasteiger partial charge in [0.1, 0.15) is 11.6 Å². The lowest BCUT2D eigenvalue weighted by Crippen LogP contribution is -2.09. The molecule has 5 nitrogen and oxygen atoms in total. The minimum absolute atomic E-state index is 0.0333. The number of rotatable bonds is 4. The summed E-state index contributed by atoms with van der Waals surface area (Å²) in [6.07, 6.45) is 3.35. The molecule has 2 rings (SSSR count). The van der Waals surface area contributed by atoms with Crippen LogP contribution in [0.1, 0.15) is 11.1 Å². The van der Waals surface area contributed by atoms with Crippen LogP contribution in [-0.2, 0) is 6.54 Å². The molecule has 1 heterocycles. The molecule has 0 amide bonds. The SMILES string of the molecule is COc1ccc(Cn2cc(C(=N)N)cn2)cc1. The van der Waals surface area contributed by atoms with Crippen molar-refractivity contribution in [3.8, 4) is 5.75 Å². The summed E-state index contributed by atoms with van der Waals surface area (Å²) < 4.78 is 6.84. The largest absolute Gasteiger partial charge is 0.497 e. The molecular weight excluding hydrogens is 216 g/mol. The molecule has 0 aliphatic rings. The Balaban J connectivity index is 2.11. The third-order valence-electron chi connectivity index (χ3n) is 2.45. The molecule has 0 aliphatic heterocycles. The van der Waals surface area contributed by atoms with Gasteiger partial charge in [0.25, 0.3) is 0 Å². The first-order chi connectivity index (χ1) is 8.19. The quantitative estimate of drug-likeness (QED) is 0.612. The highest BCUT2D eigenvalue weighted by Crippen LogP contribution is 2.12. The van der Waals surface area contributed by atoms with E-state index in [2.05, 4.69) is 5.10 Å². The number of nitrogens with zero attached hydrogens (tertiary/aromatic N) is 2. The average Bonchev–Trinajstić information content (AvgIpc) is 2.79. The van der Waals surface area contributed by atoms with Gasteiger partial charge < -0.3 is 10.5 Å². The summed E-state index contributed by atoms with van der Waals surface area (Å²) in [5.74, 6) is 0.865. The lowest BCUT2D eigenvalue weighted by Gasteiger charge is -2.03. The Labute approximate surface area is 99.3 Å². The number of aromatic nitrogens is 2. The van der Waals surface area contributed by atoms with Crippen LogP contribution in [0.25, 0.3) is 0 Å². The molecule has 5 heteroatoms. The number of benzene rings is 1. The predicted octanol–water partition coefficient (Wildman–Crippen LogP) is 1.22. The fourth-order valence-corrected chi connectivity index (χ4v) is 1.51. The second-order valence-corrected chi connectivity index (χ2v) is 3.69. The summed E-state index contributed by atoms with van der Waals surface area (Å²) >= 11 is 0. The third kappa shape index (κ3) is 2.63. The molecule has 0 unspecified atom stereocenters. The van der Waals surface area contributed by atoms with Crippen molar-refractivity contribution in [3.63, 3.8) is 0 Å². The first-order valence-electron chi connectivity index (χ1n) is 5.19. The number of nitrogens with one attached hydrogen (secondary N) is 1. The van der Waals surface area contributed by atoms with E-state index < -0.39 is 0 Å². The number of hydrogen-bond donors (Lipinski definition) is 2. The van der Waals surface area contributed by atoms with E-state index in [9.17, 15) is 0 Å². The second kappa shape index (κ2) is 4.69. The number of ether oxygens (including phenoxy) is 1.